The minimum Gasteiger partial charge on any atom is -0.378 e. The van der Waals surface area contributed by atoms with E-state index in [2.05, 4.69) is 5.10 Å². The first-order chi connectivity index (χ1) is 10.4. The molecular weight excluding hydrogens is 340 g/mol. The van der Waals surface area contributed by atoms with E-state index in [-0.39, 0.29) is 18.5 Å². The number of aromatic nitrogens is 2. The van der Waals surface area contributed by atoms with E-state index in [4.69, 9.17) is 10.5 Å². The monoisotopic (exact) mass is 366 g/mol. The van der Waals surface area contributed by atoms with Gasteiger partial charge in [-0.25, -0.2) is 8.42 Å². The molecule has 0 unspecified atom stereocenters. The highest BCUT2D eigenvalue weighted by molar-refractivity contribution is 7.89. The van der Waals surface area contributed by atoms with E-state index in [1.165, 1.54) is 0 Å². The molecule has 1 aromatic heterocycles. The van der Waals surface area contributed by atoms with Gasteiger partial charge in [0.25, 0.3) is 0 Å². The number of hydrogen-bond donors (Lipinski definition) is 1. The zero-order chi connectivity index (χ0) is 16.3. The molecule has 0 aliphatic carbocycles. The van der Waals surface area contributed by atoms with Gasteiger partial charge in [0.15, 0.2) is 0 Å². The van der Waals surface area contributed by atoms with E-state index in [0.29, 0.717) is 42.5 Å². The Hall–Kier alpha value is -0.670. The summed E-state index contributed by atoms with van der Waals surface area (Å²) in [7, 11) is -1.71. The molecule has 1 aliphatic heterocycles. The second-order valence-electron chi connectivity index (χ2n) is 5.74. The van der Waals surface area contributed by atoms with Gasteiger partial charge in [0.1, 0.15) is 4.90 Å². The van der Waals surface area contributed by atoms with Gasteiger partial charge in [-0.3, -0.25) is 4.68 Å². The summed E-state index contributed by atoms with van der Waals surface area (Å²) in [4.78, 5) is 0.345. The molecule has 1 saturated heterocycles. The number of ether oxygens (including phenoxy) is 1. The first kappa shape index (κ1) is 20.4. The highest BCUT2D eigenvalue weighted by Crippen LogP contribution is 2.26. The lowest BCUT2D eigenvalue weighted by Gasteiger charge is -2.31. The van der Waals surface area contributed by atoms with Gasteiger partial charge in [-0.05, 0) is 39.7 Å². The molecule has 7 nitrogen and oxygen atoms in total. The molecule has 0 amide bonds. The van der Waals surface area contributed by atoms with Crippen molar-refractivity contribution in [2.45, 2.75) is 44.1 Å². The second kappa shape index (κ2) is 8.43. The number of rotatable bonds is 6. The number of aryl methyl sites for hydroxylation is 2. The van der Waals surface area contributed by atoms with Crippen LogP contribution in [0, 0.1) is 13.8 Å². The summed E-state index contributed by atoms with van der Waals surface area (Å²) in [5.74, 6) is 0. The van der Waals surface area contributed by atoms with Gasteiger partial charge in [-0.2, -0.15) is 9.40 Å². The lowest BCUT2D eigenvalue weighted by molar-refractivity contribution is 0.0209. The summed E-state index contributed by atoms with van der Waals surface area (Å²) in [5, 5.41) is 4.21. The Morgan fingerprint density at radius 3 is 2.39 bits per heavy atom. The molecule has 0 atom stereocenters. The van der Waals surface area contributed by atoms with Gasteiger partial charge < -0.3 is 10.5 Å². The van der Waals surface area contributed by atoms with Crippen LogP contribution in [-0.4, -0.2) is 54.8 Å². The maximum absolute atomic E-state index is 12.8. The third-order valence-corrected chi connectivity index (χ3v) is 6.30. The number of sulfonamides is 1. The van der Waals surface area contributed by atoms with Gasteiger partial charge >= 0.3 is 0 Å². The predicted molar refractivity (Wildman–Crippen MR) is 91.3 cm³/mol. The summed E-state index contributed by atoms with van der Waals surface area (Å²) < 4.78 is 34.5. The van der Waals surface area contributed by atoms with Gasteiger partial charge in [-0.1, -0.05) is 0 Å². The minimum absolute atomic E-state index is 0. The van der Waals surface area contributed by atoms with E-state index in [9.17, 15) is 8.42 Å². The zero-order valence-electron chi connectivity index (χ0n) is 14.0. The van der Waals surface area contributed by atoms with Gasteiger partial charge in [0.05, 0.1) is 17.5 Å². The molecule has 1 fully saturated rings. The van der Waals surface area contributed by atoms with Crippen molar-refractivity contribution in [3.63, 3.8) is 0 Å². The average molecular weight is 367 g/mol. The summed E-state index contributed by atoms with van der Waals surface area (Å²) in [6.07, 6.45) is 2.42. The van der Waals surface area contributed by atoms with Crippen molar-refractivity contribution in [2.24, 2.45) is 12.8 Å². The van der Waals surface area contributed by atoms with Crippen molar-refractivity contribution in [2.75, 3.05) is 26.2 Å². The van der Waals surface area contributed by atoms with Crippen molar-refractivity contribution >= 4 is 22.4 Å². The molecule has 0 aromatic carbocycles. The molecule has 2 heterocycles. The fraction of sp³-hybridized carbons (Fsp3) is 0.786. The zero-order valence-corrected chi connectivity index (χ0v) is 15.6. The SMILES string of the molecule is Cc1nn(C)c(C)c1S(=O)(=O)N1CCC(OCCCN)CC1.Cl. The lowest BCUT2D eigenvalue weighted by Crippen LogP contribution is -2.41. The number of nitrogens with two attached hydrogens (primary N) is 1. The van der Waals surface area contributed by atoms with Gasteiger partial charge in [0.2, 0.25) is 10.0 Å². The molecule has 2 N–H and O–H groups in total. The second-order valence-corrected chi connectivity index (χ2v) is 7.61. The Kier molecular flexibility index (Phi) is 7.47. The predicted octanol–water partition coefficient (Wildman–Crippen LogP) is 0.977. The fourth-order valence-electron chi connectivity index (χ4n) is 2.83. The van der Waals surface area contributed by atoms with Crippen LogP contribution < -0.4 is 5.73 Å². The standard InChI is InChI=1S/C14H26N4O3S.ClH/c1-11-14(12(2)17(3)16-11)22(19,20)18-8-5-13(6-9-18)21-10-4-7-15;/h13H,4-10,15H2,1-3H3;1H. The first-order valence-corrected chi connectivity index (χ1v) is 9.14. The molecule has 2 rings (SSSR count). The third-order valence-electron chi connectivity index (χ3n) is 4.14. The van der Waals surface area contributed by atoms with Crippen molar-refractivity contribution in [3.05, 3.63) is 11.4 Å². The topological polar surface area (TPSA) is 90.5 Å². The molecule has 0 saturated carbocycles. The van der Waals surface area contributed by atoms with Crippen LogP contribution in [0.25, 0.3) is 0 Å². The molecule has 9 heteroatoms. The largest absolute Gasteiger partial charge is 0.378 e. The number of hydrogen-bond acceptors (Lipinski definition) is 5. The van der Waals surface area contributed by atoms with Crippen molar-refractivity contribution < 1.29 is 13.2 Å². The molecule has 23 heavy (non-hydrogen) atoms. The molecule has 1 aliphatic rings. The molecule has 0 bridgehead atoms. The Morgan fingerprint density at radius 1 is 1.30 bits per heavy atom. The van der Waals surface area contributed by atoms with Gasteiger partial charge in [0, 0.05) is 26.7 Å². The number of piperidine rings is 1. The quantitative estimate of drug-likeness (QED) is 0.758. The highest BCUT2D eigenvalue weighted by atomic mass is 35.5. The first-order valence-electron chi connectivity index (χ1n) is 7.70. The van der Waals surface area contributed by atoms with E-state index < -0.39 is 10.0 Å². The lowest BCUT2D eigenvalue weighted by atomic mass is 10.1. The van der Waals surface area contributed by atoms with Crippen LogP contribution >= 0.6 is 12.4 Å². The van der Waals surface area contributed by atoms with Gasteiger partial charge in [-0.15, -0.1) is 12.4 Å². The van der Waals surface area contributed by atoms with Crippen LogP contribution in [0.1, 0.15) is 30.7 Å². The van der Waals surface area contributed by atoms with Crippen LogP contribution in [0.15, 0.2) is 4.90 Å². The van der Waals surface area contributed by atoms with Crippen molar-refractivity contribution in [1.29, 1.82) is 0 Å². The van der Waals surface area contributed by atoms with E-state index in [1.54, 1.807) is 29.9 Å². The Bertz CT molecular complexity index is 610. The summed E-state index contributed by atoms with van der Waals surface area (Å²) >= 11 is 0. The third kappa shape index (κ3) is 4.45. The van der Waals surface area contributed by atoms with E-state index in [0.717, 1.165) is 19.3 Å². The average Bonchev–Trinajstić information content (AvgIpc) is 2.73. The summed E-state index contributed by atoms with van der Waals surface area (Å²) in [6, 6.07) is 0. The van der Waals surface area contributed by atoms with Crippen LogP contribution in [0.2, 0.25) is 0 Å². The Balaban J connectivity index is 0.00000264. The Labute approximate surface area is 144 Å². The molecule has 0 spiro atoms. The highest BCUT2D eigenvalue weighted by Gasteiger charge is 2.33. The summed E-state index contributed by atoms with van der Waals surface area (Å²) in [5.41, 5.74) is 6.68. The van der Waals surface area contributed by atoms with Crippen LogP contribution in [0.5, 0.6) is 0 Å². The van der Waals surface area contributed by atoms with Crippen molar-refractivity contribution in [1.82, 2.24) is 14.1 Å². The van der Waals surface area contributed by atoms with Crippen LogP contribution in [0.4, 0.5) is 0 Å². The summed E-state index contributed by atoms with van der Waals surface area (Å²) in [6.45, 7) is 5.77. The maximum atomic E-state index is 12.8. The number of nitrogens with zero attached hydrogens (tertiary/aromatic N) is 3. The van der Waals surface area contributed by atoms with Crippen LogP contribution in [-0.2, 0) is 21.8 Å². The maximum Gasteiger partial charge on any atom is 0.246 e. The molecule has 134 valence electrons. The smallest absolute Gasteiger partial charge is 0.246 e. The van der Waals surface area contributed by atoms with Crippen molar-refractivity contribution in [3.8, 4) is 0 Å². The fourth-order valence-corrected chi connectivity index (χ4v) is 4.70. The molecular formula is C14H27ClN4O3S. The molecule has 1 aromatic rings. The normalized spacial score (nSPS) is 17.2. The van der Waals surface area contributed by atoms with Crippen LogP contribution in [0.3, 0.4) is 0 Å². The van der Waals surface area contributed by atoms with E-state index >= 15 is 0 Å². The minimum atomic E-state index is -3.48. The number of halogens is 1. The van der Waals surface area contributed by atoms with E-state index in [1.807, 2.05) is 0 Å². The Morgan fingerprint density at radius 2 is 1.91 bits per heavy atom. The molecule has 0 radical (unpaired) electrons.